The van der Waals surface area contributed by atoms with E-state index in [4.69, 9.17) is 13.6 Å². The summed E-state index contributed by atoms with van der Waals surface area (Å²) in [5.41, 5.74) is 0. The molecule has 2 aliphatic rings. The van der Waals surface area contributed by atoms with Gasteiger partial charge in [0, 0.05) is 32.4 Å². The van der Waals surface area contributed by atoms with Crippen molar-refractivity contribution in [3.63, 3.8) is 0 Å². The van der Waals surface area contributed by atoms with Crippen molar-refractivity contribution in [3.8, 4) is 0 Å². The molecule has 7 nitrogen and oxygen atoms in total. The van der Waals surface area contributed by atoms with Gasteiger partial charge in [-0.05, 0) is 24.0 Å². The van der Waals surface area contributed by atoms with Gasteiger partial charge in [0.25, 0.3) is 5.91 Å². The van der Waals surface area contributed by atoms with Gasteiger partial charge >= 0.3 is 0 Å². The van der Waals surface area contributed by atoms with E-state index >= 15 is 0 Å². The molecule has 23 heavy (non-hydrogen) atoms. The van der Waals surface area contributed by atoms with E-state index < -0.39 is 0 Å². The molecule has 0 aliphatic carbocycles. The van der Waals surface area contributed by atoms with Gasteiger partial charge in [0.1, 0.15) is 0 Å². The minimum atomic E-state index is -0.0446. The summed E-state index contributed by atoms with van der Waals surface area (Å²) in [5.74, 6) is 2.63. The van der Waals surface area contributed by atoms with Crippen LogP contribution in [0.15, 0.2) is 27.2 Å². The molecule has 0 aromatic carbocycles. The average molecular weight is 317 g/mol. The molecule has 4 heterocycles. The van der Waals surface area contributed by atoms with Crippen LogP contribution in [0, 0.1) is 24.7 Å². The van der Waals surface area contributed by atoms with E-state index in [1.807, 2.05) is 4.90 Å². The molecule has 1 amide bonds. The zero-order valence-electron chi connectivity index (χ0n) is 13.0. The van der Waals surface area contributed by atoms with E-state index in [1.165, 1.54) is 6.26 Å². The molecule has 0 radical (unpaired) electrons. The third-order valence-corrected chi connectivity index (χ3v) is 4.78. The summed E-state index contributed by atoms with van der Waals surface area (Å²) in [7, 11) is 0. The Labute approximate surface area is 133 Å². The Kier molecular flexibility index (Phi) is 3.65. The Balaban J connectivity index is 1.47. The summed E-state index contributed by atoms with van der Waals surface area (Å²) >= 11 is 0. The molecule has 2 saturated heterocycles. The maximum absolute atomic E-state index is 12.5. The molecule has 0 spiro atoms. The third-order valence-electron chi connectivity index (χ3n) is 4.78. The number of carbonyl (C=O) groups excluding carboxylic acids is 1. The fourth-order valence-electron chi connectivity index (χ4n) is 3.68. The zero-order chi connectivity index (χ0) is 15.8. The average Bonchev–Trinajstić information content (AvgIpc) is 3.26. The smallest absolute Gasteiger partial charge is 0.289 e. The summed E-state index contributed by atoms with van der Waals surface area (Å²) in [6.45, 7) is 4.60. The molecule has 2 aromatic rings. The molecule has 0 unspecified atom stereocenters. The van der Waals surface area contributed by atoms with Gasteiger partial charge in [-0.2, -0.15) is 0 Å². The van der Waals surface area contributed by atoms with Gasteiger partial charge in [-0.25, -0.2) is 0 Å². The van der Waals surface area contributed by atoms with Crippen molar-refractivity contribution in [2.75, 3.05) is 26.3 Å². The number of nitrogens with zero attached hydrogens (tertiary/aromatic N) is 3. The van der Waals surface area contributed by atoms with E-state index in [0.29, 0.717) is 61.5 Å². The number of aryl methyl sites for hydroxylation is 1. The Morgan fingerprint density at radius 3 is 3.00 bits per heavy atom. The first-order valence-corrected chi connectivity index (χ1v) is 7.90. The van der Waals surface area contributed by atoms with E-state index in [0.717, 1.165) is 6.54 Å². The Bertz CT molecular complexity index is 681. The number of carbonyl (C=O) groups is 1. The fraction of sp³-hybridized carbons (Fsp3) is 0.562. The van der Waals surface area contributed by atoms with E-state index in [1.54, 1.807) is 19.1 Å². The Hall–Kier alpha value is -2.15. The minimum absolute atomic E-state index is 0.0446. The molecule has 2 aromatic heterocycles. The number of fused-ring (bicyclic) bond motifs is 1. The lowest BCUT2D eigenvalue weighted by Gasteiger charge is -2.31. The molecule has 0 N–H and O–H groups in total. The van der Waals surface area contributed by atoms with Crippen LogP contribution in [-0.2, 0) is 11.2 Å². The van der Waals surface area contributed by atoms with Gasteiger partial charge in [0.15, 0.2) is 5.76 Å². The van der Waals surface area contributed by atoms with Gasteiger partial charge in [0.2, 0.25) is 11.8 Å². The molecule has 4 rings (SSSR count). The first-order valence-electron chi connectivity index (χ1n) is 7.90. The first-order chi connectivity index (χ1) is 11.2. The number of likely N-dealkylation sites (tertiary alicyclic amines) is 1. The Morgan fingerprint density at radius 1 is 1.35 bits per heavy atom. The molecule has 0 bridgehead atoms. The topological polar surface area (TPSA) is 81.6 Å². The zero-order valence-corrected chi connectivity index (χ0v) is 13.0. The van der Waals surface area contributed by atoms with Crippen LogP contribution in [0.25, 0.3) is 0 Å². The van der Waals surface area contributed by atoms with Crippen LogP contribution in [0.3, 0.4) is 0 Å². The number of hydrogen-bond donors (Lipinski definition) is 0. The molecule has 0 saturated carbocycles. The highest BCUT2D eigenvalue weighted by Gasteiger charge is 2.43. The normalized spacial score (nSPS) is 27.2. The highest BCUT2D eigenvalue weighted by atomic mass is 16.5. The second-order valence-corrected chi connectivity index (χ2v) is 6.33. The SMILES string of the molecule is Cc1nnc(C[C@@H]2COC[C@H]3CN(C(=O)c4ccco4)C[C@@H]23)o1. The molecular weight excluding hydrogens is 298 g/mol. The highest BCUT2D eigenvalue weighted by Crippen LogP contribution is 2.36. The molecule has 2 aliphatic heterocycles. The number of hydrogen-bond acceptors (Lipinski definition) is 6. The van der Waals surface area contributed by atoms with E-state index in [-0.39, 0.29) is 5.91 Å². The van der Waals surface area contributed by atoms with Crippen LogP contribution in [0.5, 0.6) is 0 Å². The summed E-state index contributed by atoms with van der Waals surface area (Å²) in [6, 6.07) is 3.44. The van der Waals surface area contributed by atoms with Gasteiger partial charge in [0.05, 0.1) is 19.5 Å². The summed E-state index contributed by atoms with van der Waals surface area (Å²) in [4.78, 5) is 14.3. The van der Waals surface area contributed by atoms with Crippen LogP contribution in [0.4, 0.5) is 0 Å². The summed E-state index contributed by atoms with van der Waals surface area (Å²) in [5, 5.41) is 7.96. The molecular formula is C16H19N3O4. The predicted octanol–water partition coefficient (Wildman–Crippen LogP) is 1.55. The van der Waals surface area contributed by atoms with Crippen LogP contribution >= 0.6 is 0 Å². The van der Waals surface area contributed by atoms with Gasteiger partial charge < -0.3 is 18.5 Å². The van der Waals surface area contributed by atoms with Crippen molar-refractivity contribution >= 4 is 5.91 Å². The van der Waals surface area contributed by atoms with Crippen molar-refractivity contribution < 1.29 is 18.4 Å². The monoisotopic (exact) mass is 317 g/mol. The molecule has 3 atom stereocenters. The standard InChI is InChI=1S/C16H19N3O4/c1-10-17-18-15(23-10)5-11-8-21-9-12-6-19(7-13(11)12)16(20)14-3-2-4-22-14/h2-4,11-13H,5-9H2,1H3/t11-,12-,13+/m1/s1. The van der Waals surface area contributed by atoms with Gasteiger partial charge in [-0.15, -0.1) is 10.2 Å². The largest absolute Gasteiger partial charge is 0.459 e. The molecule has 7 heteroatoms. The van der Waals surface area contributed by atoms with Crippen LogP contribution in [0.2, 0.25) is 0 Å². The molecule has 2 fully saturated rings. The Morgan fingerprint density at radius 2 is 2.26 bits per heavy atom. The number of amides is 1. The highest BCUT2D eigenvalue weighted by molar-refractivity contribution is 5.91. The number of aromatic nitrogens is 2. The lowest BCUT2D eigenvalue weighted by atomic mass is 9.81. The number of rotatable bonds is 3. The lowest BCUT2D eigenvalue weighted by Crippen LogP contribution is -2.36. The fourth-order valence-corrected chi connectivity index (χ4v) is 3.68. The van der Waals surface area contributed by atoms with Crippen molar-refractivity contribution in [3.05, 3.63) is 35.9 Å². The van der Waals surface area contributed by atoms with Crippen molar-refractivity contribution in [2.45, 2.75) is 13.3 Å². The second kappa shape index (κ2) is 5.81. The van der Waals surface area contributed by atoms with Crippen molar-refractivity contribution in [1.29, 1.82) is 0 Å². The molecule has 122 valence electrons. The van der Waals surface area contributed by atoms with Crippen LogP contribution < -0.4 is 0 Å². The van der Waals surface area contributed by atoms with E-state index in [9.17, 15) is 4.79 Å². The van der Waals surface area contributed by atoms with E-state index in [2.05, 4.69) is 10.2 Å². The maximum atomic E-state index is 12.5. The maximum Gasteiger partial charge on any atom is 0.289 e. The first kappa shape index (κ1) is 14.4. The van der Waals surface area contributed by atoms with Crippen LogP contribution in [0.1, 0.15) is 22.3 Å². The van der Waals surface area contributed by atoms with Crippen molar-refractivity contribution in [2.24, 2.45) is 17.8 Å². The van der Waals surface area contributed by atoms with Crippen molar-refractivity contribution in [1.82, 2.24) is 15.1 Å². The van der Waals surface area contributed by atoms with Crippen LogP contribution in [-0.4, -0.2) is 47.3 Å². The minimum Gasteiger partial charge on any atom is -0.459 e. The third kappa shape index (κ3) is 2.76. The van der Waals surface area contributed by atoms with Gasteiger partial charge in [-0.3, -0.25) is 4.79 Å². The lowest BCUT2D eigenvalue weighted by molar-refractivity contribution is -0.0107. The predicted molar refractivity (Wildman–Crippen MR) is 78.6 cm³/mol. The summed E-state index contributed by atoms with van der Waals surface area (Å²) < 4.78 is 16.5. The second-order valence-electron chi connectivity index (χ2n) is 6.33. The quantitative estimate of drug-likeness (QED) is 0.854. The number of ether oxygens (including phenoxy) is 1. The summed E-state index contributed by atoms with van der Waals surface area (Å²) in [6.07, 6.45) is 2.23. The van der Waals surface area contributed by atoms with Gasteiger partial charge in [-0.1, -0.05) is 0 Å². The number of furan rings is 1.